The summed E-state index contributed by atoms with van der Waals surface area (Å²) < 4.78 is 24.4. The van der Waals surface area contributed by atoms with Crippen LogP contribution >= 0.6 is 11.8 Å². The van der Waals surface area contributed by atoms with Gasteiger partial charge in [0, 0.05) is 5.56 Å². The number of carbonyl (C=O) groups excluding carboxylic acids is 2. The molecule has 0 aromatic heterocycles. The molecular weight excluding hydrogens is 413 g/mol. The van der Waals surface area contributed by atoms with Crippen LogP contribution in [0.5, 0.6) is 11.5 Å². The average Bonchev–Trinajstić information content (AvgIpc) is 2.97. The van der Waals surface area contributed by atoms with Crippen LogP contribution in [0.4, 0.5) is 9.18 Å². The molecule has 1 aliphatic heterocycles. The highest BCUT2D eigenvalue weighted by Gasteiger charge is 2.35. The normalized spacial score (nSPS) is 16.1. The van der Waals surface area contributed by atoms with E-state index in [9.17, 15) is 18.8 Å². The molecule has 1 N–H and O–H groups in total. The Kier molecular flexibility index (Phi) is 6.41. The monoisotopic (exact) mass is 431 g/mol. The molecule has 1 aliphatic rings. The first kappa shape index (κ1) is 21.4. The number of amides is 2. The molecule has 0 saturated carbocycles. The SMILES string of the molecule is COc1cc(/C=C2\SC(=O)N(Cc3ccccc3F)C2=O)ccc1O[C@@H](C)C(=O)O. The summed E-state index contributed by atoms with van der Waals surface area (Å²) in [5, 5.41) is 8.49. The average molecular weight is 431 g/mol. The molecule has 7 nitrogen and oxygen atoms in total. The third-order valence-electron chi connectivity index (χ3n) is 4.30. The van der Waals surface area contributed by atoms with Crippen molar-refractivity contribution < 1.29 is 33.4 Å². The fourth-order valence-corrected chi connectivity index (χ4v) is 3.54. The second-order valence-corrected chi connectivity index (χ2v) is 7.36. The van der Waals surface area contributed by atoms with Crippen LogP contribution in [0.1, 0.15) is 18.1 Å². The van der Waals surface area contributed by atoms with Crippen LogP contribution in [0, 0.1) is 5.82 Å². The Morgan fingerprint density at radius 2 is 1.97 bits per heavy atom. The molecule has 156 valence electrons. The second-order valence-electron chi connectivity index (χ2n) is 6.37. The van der Waals surface area contributed by atoms with Crippen LogP contribution in [-0.4, -0.2) is 40.3 Å². The molecule has 0 radical (unpaired) electrons. The van der Waals surface area contributed by atoms with Gasteiger partial charge in [0.05, 0.1) is 18.6 Å². The Bertz CT molecular complexity index is 1040. The third kappa shape index (κ3) is 4.62. The topological polar surface area (TPSA) is 93.1 Å². The van der Waals surface area contributed by atoms with Gasteiger partial charge in [0.15, 0.2) is 17.6 Å². The molecule has 0 spiro atoms. The highest BCUT2D eigenvalue weighted by atomic mass is 32.2. The summed E-state index contributed by atoms with van der Waals surface area (Å²) in [6, 6.07) is 10.6. The largest absolute Gasteiger partial charge is 0.493 e. The minimum atomic E-state index is -1.12. The smallest absolute Gasteiger partial charge is 0.344 e. The summed E-state index contributed by atoms with van der Waals surface area (Å²) in [5.74, 6) is -1.62. The Hall–Kier alpha value is -3.33. The number of thioether (sulfide) groups is 1. The Morgan fingerprint density at radius 1 is 1.23 bits per heavy atom. The van der Waals surface area contributed by atoms with Gasteiger partial charge in [-0.3, -0.25) is 14.5 Å². The zero-order valence-electron chi connectivity index (χ0n) is 16.1. The van der Waals surface area contributed by atoms with Crippen molar-refractivity contribution in [3.63, 3.8) is 0 Å². The number of hydrogen-bond acceptors (Lipinski definition) is 6. The van der Waals surface area contributed by atoms with E-state index in [1.807, 2.05) is 0 Å². The van der Waals surface area contributed by atoms with Gasteiger partial charge < -0.3 is 14.6 Å². The summed E-state index contributed by atoms with van der Waals surface area (Å²) in [5.41, 5.74) is 0.801. The Morgan fingerprint density at radius 3 is 2.63 bits per heavy atom. The zero-order valence-corrected chi connectivity index (χ0v) is 16.9. The molecular formula is C21H18FNO6S. The van der Waals surface area contributed by atoms with Crippen LogP contribution in [-0.2, 0) is 16.1 Å². The quantitative estimate of drug-likeness (QED) is 0.664. The van der Waals surface area contributed by atoms with Gasteiger partial charge in [-0.15, -0.1) is 0 Å². The molecule has 30 heavy (non-hydrogen) atoms. The highest BCUT2D eigenvalue weighted by molar-refractivity contribution is 8.18. The first-order valence-corrected chi connectivity index (χ1v) is 9.68. The van der Waals surface area contributed by atoms with Crippen LogP contribution in [0.15, 0.2) is 47.4 Å². The molecule has 9 heteroatoms. The Labute approximate surface area is 176 Å². The first-order chi connectivity index (χ1) is 14.3. The van der Waals surface area contributed by atoms with Gasteiger partial charge in [-0.05, 0) is 48.5 Å². The summed E-state index contributed by atoms with van der Waals surface area (Å²) in [6.07, 6.45) is 0.443. The lowest BCUT2D eigenvalue weighted by Crippen LogP contribution is -2.27. The van der Waals surface area contributed by atoms with Crippen molar-refractivity contribution in [3.05, 3.63) is 64.3 Å². The first-order valence-electron chi connectivity index (χ1n) is 8.86. The summed E-state index contributed by atoms with van der Waals surface area (Å²) >= 11 is 0.760. The van der Waals surface area contributed by atoms with Crippen LogP contribution in [0.2, 0.25) is 0 Å². The zero-order chi connectivity index (χ0) is 21.8. The number of rotatable bonds is 7. The van der Waals surface area contributed by atoms with Gasteiger partial charge in [0.25, 0.3) is 11.1 Å². The van der Waals surface area contributed by atoms with E-state index < -0.39 is 29.0 Å². The van der Waals surface area contributed by atoms with E-state index in [0.717, 1.165) is 16.7 Å². The molecule has 0 aliphatic carbocycles. The number of ether oxygens (including phenoxy) is 2. The number of aliphatic carboxylic acids is 1. The number of benzene rings is 2. The van der Waals surface area contributed by atoms with E-state index in [2.05, 4.69) is 0 Å². The molecule has 0 unspecified atom stereocenters. The molecule has 2 aromatic rings. The molecule has 0 bridgehead atoms. The number of nitrogens with zero attached hydrogens (tertiary/aromatic N) is 1. The van der Waals surface area contributed by atoms with Crippen molar-refractivity contribution in [2.45, 2.75) is 19.6 Å². The van der Waals surface area contributed by atoms with Crippen LogP contribution in [0.25, 0.3) is 6.08 Å². The van der Waals surface area contributed by atoms with E-state index in [0.29, 0.717) is 5.56 Å². The van der Waals surface area contributed by atoms with E-state index in [1.165, 1.54) is 44.4 Å². The predicted octanol–water partition coefficient (Wildman–Crippen LogP) is 3.92. The minimum Gasteiger partial charge on any atom is -0.493 e. The van der Waals surface area contributed by atoms with E-state index in [1.54, 1.807) is 18.2 Å². The summed E-state index contributed by atoms with van der Waals surface area (Å²) in [6.45, 7) is 1.24. The number of halogens is 1. The van der Waals surface area contributed by atoms with Gasteiger partial charge >= 0.3 is 5.97 Å². The number of imide groups is 1. The molecule has 3 rings (SSSR count). The lowest BCUT2D eigenvalue weighted by atomic mass is 10.1. The van der Waals surface area contributed by atoms with Crippen molar-refractivity contribution in [2.24, 2.45) is 0 Å². The van der Waals surface area contributed by atoms with E-state index >= 15 is 0 Å². The molecule has 1 atom stereocenters. The molecule has 2 aromatic carbocycles. The maximum atomic E-state index is 13.9. The van der Waals surface area contributed by atoms with Crippen molar-refractivity contribution >= 4 is 35.0 Å². The molecule has 2 amide bonds. The van der Waals surface area contributed by atoms with Gasteiger partial charge in [-0.25, -0.2) is 9.18 Å². The van der Waals surface area contributed by atoms with Crippen molar-refractivity contribution in [1.82, 2.24) is 4.90 Å². The third-order valence-corrected chi connectivity index (χ3v) is 5.20. The minimum absolute atomic E-state index is 0.155. The summed E-state index contributed by atoms with van der Waals surface area (Å²) in [4.78, 5) is 37.1. The number of methoxy groups -OCH3 is 1. The number of carboxylic acids is 1. The lowest BCUT2D eigenvalue weighted by Gasteiger charge is -2.14. The fourth-order valence-electron chi connectivity index (χ4n) is 2.70. The predicted molar refractivity (Wildman–Crippen MR) is 109 cm³/mol. The lowest BCUT2D eigenvalue weighted by molar-refractivity contribution is -0.144. The van der Waals surface area contributed by atoms with Crippen LogP contribution in [0.3, 0.4) is 0 Å². The van der Waals surface area contributed by atoms with Gasteiger partial charge in [0.2, 0.25) is 0 Å². The number of hydrogen-bond donors (Lipinski definition) is 1. The second kappa shape index (κ2) is 9.00. The number of carboxylic acid groups (broad SMARTS) is 1. The van der Waals surface area contributed by atoms with E-state index in [-0.39, 0.29) is 28.5 Å². The van der Waals surface area contributed by atoms with Gasteiger partial charge in [0.1, 0.15) is 5.82 Å². The fraction of sp³-hybridized carbons (Fsp3) is 0.190. The van der Waals surface area contributed by atoms with Gasteiger partial charge in [-0.2, -0.15) is 0 Å². The van der Waals surface area contributed by atoms with E-state index in [4.69, 9.17) is 14.6 Å². The Balaban J connectivity index is 1.81. The maximum Gasteiger partial charge on any atom is 0.344 e. The molecule has 1 saturated heterocycles. The molecule has 1 heterocycles. The van der Waals surface area contributed by atoms with Crippen molar-refractivity contribution in [2.75, 3.05) is 7.11 Å². The van der Waals surface area contributed by atoms with Gasteiger partial charge in [-0.1, -0.05) is 24.3 Å². The highest BCUT2D eigenvalue weighted by Crippen LogP contribution is 2.35. The molecule has 1 fully saturated rings. The maximum absolute atomic E-state index is 13.9. The van der Waals surface area contributed by atoms with Crippen molar-refractivity contribution in [1.29, 1.82) is 0 Å². The summed E-state index contributed by atoms with van der Waals surface area (Å²) in [7, 11) is 1.40. The van der Waals surface area contributed by atoms with Crippen molar-refractivity contribution in [3.8, 4) is 11.5 Å². The number of carbonyl (C=O) groups is 3. The van der Waals surface area contributed by atoms with Crippen LogP contribution < -0.4 is 9.47 Å². The standard InChI is InChI=1S/C21H18FNO6S/c1-12(20(25)26)29-16-8-7-13(9-17(16)28-2)10-18-19(24)23(21(27)30-18)11-14-5-3-4-6-15(14)22/h3-10,12H,11H2,1-2H3,(H,25,26)/b18-10-/t12-/m0/s1.